The van der Waals surface area contributed by atoms with Crippen LogP contribution in [0.3, 0.4) is 0 Å². The average molecular weight is 226 g/mol. The lowest BCUT2D eigenvalue weighted by atomic mass is 10.1. The Hall–Kier alpha value is -2.22. The normalized spacial score (nSPS) is 11.5. The second-order valence-corrected chi connectivity index (χ2v) is 3.99. The average Bonchev–Trinajstić information content (AvgIpc) is 2.33. The summed E-state index contributed by atoms with van der Waals surface area (Å²) in [6.07, 6.45) is 1.67. The topological polar surface area (TPSA) is 40.5 Å². The predicted octanol–water partition coefficient (Wildman–Crippen LogP) is 3.76. The third kappa shape index (κ3) is 2.88. The van der Waals surface area contributed by atoms with Crippen LogP contribution >= 0.6 is 0 Å². The van der Waals surface area contributed by atoms with E-state index in [9.17, 15) is 5.11 Å². The highest BCUT2D eigenvalue weighted by molar-refractivity contribution is 5.76. The molecule has 0 spiro atoms. The van der Waals surface area contributed by atoms with Gasteiger partial charge in [-0.1, -0.05) is 42.0 Å². The Morgan fingerprint density at radius 2 is 1.53 bits per heavy atom. The maximum absolute atomic E-state index is 9.93. The first kappa shape index (κ1) is 11.3. The molecule has 2 heteroatoms. The third-order valence-electron chi connectivity index (χ3n) is 2.54. The van der Waals surface area contributed by atoms with Crippen molar-refractivity contribution in [1.82, 2.24) is 0 Å². The van der Waals surface area contributed by atoms with Crippen LogP contribution < -0.4 is 0 Å². The molecule has 0 amide bonds. The van der Waals surface area contributed by atoms with Crippen LogP contribution in [0.4, 0.5) is 0 Å². The number of hydrogen-bond acceptors (Lipinski definition) is 2. The summed E-state index contributed by atoms with van der Waals surface area (Å²) in [7, 11) is 0. The summed E-state index contributed by atoms with van der Waals surface area (Å²) in [5.41, 5.74) is 2.79. The largest absolute Gasteiger partial charge is 0.508 e. The van der Waals surface area contributed by atoms with Crippen LogP contribution in [-0.2, 0) is 0 Å². The number of aliphatic hydroxyl groups is 1. The lowest BCUT2D eigenvalue weighted by Gasteiger charge is -2.01. The maximum Gasteiger partial charge on any atom is 0.123 e. The zero-order valence-corrected chi connectivity index (χ0v) is 9.59. The lowest BCUT2D eigenvalue weighted by molar-refractivity contribution is 0.475. The van der Waals surface area contributed by atoms with E-state index >= 15 is 0 Å². The van der Waals surface area contributed by atoms with Crippen LogP contribution in [0.25, 0.3) is 11.8 Å². The van der Waals surface area contributed by atoms with Gasteiger partial charge in [-0.2, -0.15) is 0 Å². The van der Waals surface area contributed by atoms with Gasteiger partial charge in [-0.05, 0) is 30.7 Å². The second-order valence-electron chi connectivity index (χ2n) is 3.99. The highest BCUT2D eigenvalue weighted by Gasteiger charge is 1.98. The van der Waals surface area contributed by atoms with Gasteiger partial charge in [0.05, 0.1) is 0 Å². The highest BCUT2D eigenvalue weighted by Crippen LogP contribution is 2.17. The van der Waals surface area contributed by atoms with Crippen LogP contribution in [0.1, 0.15) is 16.7 Å². The van der Waals surface area contributed by atoms with Gasteiger partial charge in [-0.3, -0.25) is 0 Å². The van der Waals surface area contributed by atoms with Crippen molar-refractivity contribution in [3.63, 3.8) is 0 Å². The minimum atomic E-state index is 0.218. The number of hydrogen-bond donors (Lipinski definition) is 2. The van der Waals surface area contributed by atoms with E-state index in [2.05, 4.69) is 0 Å². The van der Waals surface area contributed by atoms with Crippen molar-refractivity contribution < 1.29 is 10.2 Å². The summed E-state index contributed by atoms with van der Waals surface area (Å²) in [6.45, 7) is 2.00. The summed E-state index contributed by atoms with van der Waals surface area (Å²) in [4.78, 5) is 0. The molecule has 0 bridgehead atoms. The van der Waals surface area contributed by atoms with Gasteiger partial charge in [0.15, 0.2) is 0 Å². The maximum atomic E-state index is 9.93. The van der Waals surface area contributed by atoms with E-state index in [0.29, 0.717) is 0 Å². The van der Waals surface area contributed by atoms with Gasteiger partial charge in [-0.15, -0.1) is 0 Å². The van der Waals surface area contributed by atoms with Gasteiger partial charge in [0.1, 0.15) is 11.5 Å². The first-order valence-corrected chi connectivity index (χ1v) is 5.42. The fraction of sp³-hybridized carbons (Fsp3) is 0.0667. The molecule has 86 valence electrons. The van der Waals surface area contributed by atoms with E-state index in [-0.39, 0.29) is 11.5 Å². The first-order valence-electron chi connectivity index (χ1n) is 5.42. The molecule has 0 aromatic heterocycles. The molecule has 0 radical (unpaired) electrons. The predicted molar refractivity (Wildman–Crippen MR) is 69.8 cm³/mol. The molecule has 0 unspecified atom stereocenters. The van der Waals surface area contributed by atoms with Gasteiger partial charge in [0.25, 0.3) is 0 Å². The number of aryl methyl sites for hydroxylation is 1. The van der Waals surface area contributed by atoms with E-state index in [1.165, 1.54) is 0 Å². The van der Waals surface area contributed by atoms with Crippen LogP contribution in [0.2, 0.25) is 0 Å². The van der Waals surface area contributed by atoms with Crippen molar-refractivity contribution in [1.29, 1.82) is 0 Å². The van der Waals surface area contributed by atoms with Crippen molar-refractivity contribution in [2.45, 2.75) is 6.92 Å². The lowest BCUT2D eigenvalue weighted by Crippen LogP contribution is -1.83. The van der Waals surface area contributed by atoms with Gasteiger partial charge in [0.2, 0.25) is 0 Å². The van der Waals surface area contributed by atoms with Crippen molar-refractivity contribution in [3.8, 4) is 5.75 Å². The second kappa shape index (κ2) is 4.74. The third-order valence-corrected chi connectivity index (χ3v) is 2.54. The molecule has 0 aliphatic rings. The number of benzene rings is 2. The Bertz CT molecular complexity index is 522. The Labute approximate surface area is 100 Å². The van der Waals surface area contributed by atoms with Crippen LogP contribution in [-0.4, -0.2) is 10.2 Å². The molecule has 0 atom stereocenters. The molecule has 2 N–H and O–H groups in total. The molecule has 0 aliphatic heterocycles. The fourth-order valence-corrected chi connectivity index (χ4v) is 1.54. The molecule has 2 aromatic carbocycles. The number of aliphatic hydroxyl groups excluding tert-OH is 1. The molecule has 0 fully saturated rings. The summed E-state index contributed by atoms with van der Waals surface area (Å²) in [6, 6.07) is 14.3. The molecule has 2 nitrogen and oxygen atoms in total. The summed E-state index contributed by atoms with van der Waals surface area (Å²) >= 11 is 0. The molecule has 0 saturated heterocycles. The van der Waals surface area contributed by atoms with Gasteiger partial charge in [0, 0.05) is 5.56 Å². The van der Waals surface area contributed by atoms with E-state index in [4.69, 9.17) is 5.11 Å². The van der Waals surface area contributed by atoms with E-state index in [1.54, 1.807) is 30.3 Å². The molecule has 2 rings (SSSR count). The van der Waals surface area contributed by atoms with Crippen LogP contribution in [0.5, 0.6) is 5.75 Å². The van der Waals surface area contributed by atoms with Crippen molar-refractivity contribution in [2.75, 3.05) is 0 Å². The zero-order valence-electron chi connectivity index (χ0n) is 9.59. The molecule has 17 heavy (non-hydrogen) atoms. The minimum absolute atomic E-state index is 0.218. The van der Waals surface area contributed by atoms with Crippen LogP contribution in [0, 0.1) is 6.92 Å². The van der Waals surface area contributed by atoms with Crippen molar-refractivity contribution in [2.24, 2.45) is 0 Å². The number of rotatable bonds is 2. The summed E-state index contributed by atoms with van der Waals surface area (Å²) in [5, 5.41) is 19.1. The van der Waals surface area contributed by atoms with Crippen molar-refractivity contribution >= 4 is 11.8 Å². The Kier molecular flexibility index (Phi) is 3.15. The smallest absolute Gasteiger partial charge is 0.123 e. The van der Waals surface area contributed by atoms with Crippen molar-refractivity contribution in [3.05, 3.63) is 65.2 Å². The van der Waals surface area contributed by atoms with Gasteiger partial charge < -0.3 is 10.2 Å². The van der Waals surface area contributed by atoms with Gasteiger partial charge >= 0.3 is 0 Å². The molecule has 0 aliphatic carbocycles. The first-order chi connectivity index (χ1) is 8.15. The molecular weight excluding hydrogens is 212 g/mol. The standard InChI is InChI=1S/C15H14O2/c1-11-2-6-13(7-3-11)15(17)10-12-4-8-14(16)9-5-12/h2-10,16-17H,1H3/b15-10-. The number of phenols is 1. The monoisotopic (exact) mass is 226 g/mol. The molecular formula is C15H14O2. The quantitative estimate of drug-likeness (QED) is 0.604. The van der Waals surface area contributed by atoms with E-state index in [0.717, 1.165) is 16.7 Å². The Morgan fingerprint density at radius 1 is 0.941 bits per heavy atom. The Morgan fingerprint density at radius 3 is 2.12 bits per heavy atom. The number of aromatic hydroxyl groups is 1. The van der Waals surface area contributed by atoms with Crippen LogP contribution in [0.15, 0.2) is 48.5 Å². The SMILES string of the molecule is Cc1ccc(/C(O)=C/c2ccc(O)cc2)cc1. The number of phenolic OH excluding ortho intramolecular Hbond substituents is 1. The Balaban J connectivity index is 2.27. The minimum Gasteiger partial charge on any atom is -0.508 e. The van der Waals surface area contributed by atoms with E-state index < -0.39 is 0 Å². The summed E-state index contributed by atoms with van der Waals surface area (Å²) < 4.78 is 0. The zero-order chi connectivity index (χ0) is 12.3. The summed E-state index contributed by atoms with van der Waals surface area (Å²) in [5.74, 6) is 0.438. The fourth-order valence-electron chi connectivity index (χ4n) is 1.54. The van der Waals surface area contributed by atoms with Gasteiger partial charge in [-0.25, -0.2) is 0 Å². The molecule has 2 aromatic rings. The highest BCUT2D eigenvalue weighted by atomic mass is 16.3. The molecule has 0 saturated carbocycles. The molecule has 0 heterocycles. The van der Waals surface area contributed by atoms with E-state index in [1.807, 2.05) is 31.2 Å².